The highest BCUT2D eigenvalue weighted by Gasteiger charge is 2.05. The van der Waals surface area contributed by atoms with Crippen LogP contribution in [0.15, 0.2) is 23.4 Å². The van der Waals surface area contributed by atoms with Crippen LogP contribution in [0.1, 0.15) is 26.2 Å². The Morgan fingerprint density at radius 3 is 2.73 bits per heavy atom. The molecule has 11 heavy (non-hydrogen) atoms. The van der Waals surface area contributed by atoms with Crippen LogP contribution in [0, 0.1) is 0 Å². The number of Topliss-reactive ketones (excluding diaryl/α,β-unsaturated/α-hetero) is 1. The first-order valence-electron chi connectivity index (χ1n) is 3.82. The SMILES string of the molecule is CC(=O)CC1=CC=C(N)CC1. The lowest BCUT2D eigenvalue weighted by atomic mass is 9.99. The molecule has 1 rings (SSSR count). The molecule has 0 unspecified atom stereocenters. The molecule has 0 aromatic carbocycles. The third-order valence-corrected chi connectivity index (χ3v) is 1.74. The normalized spacial score (nSPS) is 17.2. The average Bonchev–Trinajstić information content (AvgIpc) is 1.93. The number of rotatable bonds is 2. The van der Waals surface area contributed by atoms with Crippen LogP contribution >= 0.6 is 0 Å². The molecule has 1 aliphatic carbocycles. The van der Waals surface area contributed by atoms with Crippen LogP contribution < -0.4 is 5.73 Å². The maximum atomic E-state index is 10.7. The van der Waals surface area contributed by atoms with Gasteiger partial charge in [-0.15, -0.1) is 0 Å². The summed E-state index contributed by atoms with van der Waals surface area (Å²) in [5.74, 6) is 0.227. The summed E-state index contributed by atoms with van der Waals surface area (Å²) in [6.45, 7) is 1.61. The highest BCUT2D eigenvalue weighted by Crippen LogP contribution is 2.17. The first-order valence-corrected chi connectivity index (χ1v) is 3.82. The molecule has 0 aromatic rings. The van der Waals surface area contributed by atoms with Gasteiger partial charge in [-0.25, -0.2) is 0 Å². The molecule has 60 valence electrons. The van der Waals surface area contributed by atoms with E-state index in [1.165, 1.54) is 5.57 Å². The van der Waals surface area contributed by atoms with Crippen molar-refractivity contribution in [3.63, 3.8) is 0 Å². The van der Waals surface area contributed by atoms with Crippen molar-refractivity contribution < 1.29 is 4.79 Å². The smallest absolute Gasteiger partial charge is 0.133 e. The Labute approximate surface area is 66.8 Å². The predicted molar refractivity (Wildman–Crippen MR) is 44.9 cm³/mol. The fourth-order valence-corrected chi connectivity index (χ4v) is 1.16. The van der Waals surface area contributed by atoms with Crippen LogP contribution in [0.4, 0.5) is 0 Å². The summed E-state index contributed by atoms with van der Waals surface area (Å²) in [7, 11) is 0. The Hall–Kier alpha value is -1.05. The zero-order valence-corrected chi connectivity index (χ0v) is 6.76. The van der Waals surface area contributed by atoms with Gasteiger partial charge in [0.05, 0.1) is 0 Å². The molecule has 0 aromatic heterocycles. The van der Waals surface area contributed by atoms with Gasteiger partial charge in [-0.2, -0.15) is 0 Å². The van der Waals surface area contributed by atoms with E-state index in [-0.39, 0.29) is 5.78 Å². The summed E-state index contributed by atoms with van der Waals surface area (Å²) in [5.41, 5.74) is 7.67. The maximum absolute atomic E-state index is 10.7. The highest BCUT2D eigenvalue weighted by atomic mass is 16.1. The van der Waals surface area contributed by atoms with E-state index in [2.05, 4.69) is 0 Å². The molecule has 0 amide bonds. The zero-order chi connectivity index (χ0) is 8.27. The Balaban J connectivity index is 2.54. The first-order chi connectivity index (χ1) is 5.18. The van der Waals surface area contributed by atoms with Crippen LogP contribution in [-0.4, -0.2) is 5.78 Å². The summed E-state index contributed by atoms with van der Waals surface area (Å²) in [5, 5.41) is 0. The quantitative estimate of drug-likeness (QED) is 0.650. The van der Waals surface area contributed by atoms with Gasteiger partial charge >= 0.3 is 0 Å². The van der Waals surface area contributed by atoms with E-state index >= 15 is 0 Å². The van der Waals surface area contributed by atoms with Gasteiger partial charge < -0.3 is 5.73 Å². The molecule has 0 bridgehead atoms. The lowest BCUT2D eigenvalue weighted by Crippen LogP contribution is -2.03. The number of nitrogens with two attached hydrogens (primary N) is 1. The van der Waals surface area contributed by atoms with Crippen LogP contribution in [-0.2, 0) is 4.79 Å². The van der Waals surface area contributed by atoms with E-state index < -0.39 is 0 Å². The van der Waals surface area contributed by atoms with Crippen molar-refractivity contribution in [3.05, 3.63) is 23.4 Å². The summed E-state index contributed by atoms with van der Waals surface area (Å²) < 4.78 is 0. The van der Waals surface area contributed by atoms with Crippen LogP contribution in [0.2, 0.25) is 0 Å². The van der Waals surface area contributed by atoms with Crippen molar-refractivity contribution >= 4 is 5.78 Å². The van der Waals surface area contributed by atoms with Crippen LogP contribution in [0.25, 0.3) is 0 Å². The first kappa shape index (κ1) is 8.05. The third kappa shape index (κ3) is 2.58. The Kier molecular flexibility index (Phi) is 2.47. The second kappa shape index (κ2) is 3.37. The predicted octanol–water partition coefficient (Wildman–Crippen LogP) is 1.53. The van der Waals surface area contributed by atoms with Crippen LogP contribution in [0.5, 0.6) is 0 Å². The van der Waals surface area contributed by atoms with Gasteiger partial charge in [-0.3, -0.25) is 4.79 Å². The topological polar surface area (TPSA) is 43.1 Å². The second-order valence-electron chi connectivity index (χ2n) is 2.95. The molecule has 0 atom stereocenters. The van der Waals surface area contributed by atoms with Crippen molar-refractivity contribution in [2.75, 3.05) is 0 Å². The fraction of sp³-hybridized carbons (Fsp3) is 0.444. The van der Waals surface area contributed by atoms with Crippen LogP contribution in [0.3, 0.4) is 0 Å². The minimum absolute atomic E-state index is 0.227. The third-order valence-electron chi connectivity index (χ3n) is 1.74. The van der Waals surface area contributed by atoms with Gasteiger partial charge in [0, 0.05) is 12.1 Å². The van der Waals surface area contributed by atoms with E-state index in [4.69, 9.17) is 5.73 Å². The van der Waals surface area contributed by atoms with E-state index in [1.807, 2.05) is 12.2 Å². The molecule has 1 aliphatic rings. The van der Waals surface area contributed by atoms with Crippen molar-refractivity contribution in [2.24, 2.45) is 5.73 Å². The number of carbonyl (C=O) groups is 1. The molecule has 0 radical (unpaired) electrons. The lowest BCUT2D eigenvalue weighted by Gasteiger charge is -2.09. The van der Waals surface area contributed by atoms with E-state index in [0.29, 0.717) is 6.42 Å². The Morgan fingerprint density at radius 1 is 1.55 bits per heavy atom. The molecule has 0 saturated carbocycles. The maximum Gasteiger partial charge on any atom is 0.133 e. The fourth-order valence-electron chi connectivity index (χ4n) is 1.16. The van der Waals surface area contributed by atoms with E-state index in [0.717, 1.165) is 18.5 Å². The molecule has 0 aliphatic heterocycles. The van der Waals surface area contributed by atoms with Gasteiger partial charge in [0.25, 0.3) is 0 Å². The molecular weight excluding hydrogens is 138 g/mol. The highest BCUT2D eigenvalue weighted by molar-refractivity contribution is 5.78. The van der Waals surface area contributed by atoms with Gasteiger partial charge in [0.1, 0.15) is 5.78 Å². The molecular formula is C9H13NO. The molecule has 0 heterocycles. The number of carbonyl (C=O) groups excluding carboxylic acids is 1. The van der Waals surface area contributed by atoms with E-state index in [1.54, 1.807) is 6.92 Å². The molecule has 0 fully saturated rings. The molecule has 2 heteroatoms. The number of hydrogen-bond acceptors (Lipinski definition) is 2. The van der Waals surface area contributed by atoms with Gasteiger partial charge in [0.2, 0.25) is 0 Å². The molecule has 0 saturated heterocycles. The lowest BCUT2D eigenvalue weighted by molar-refractivity contribution is -0.116. The Morgan fingerprint density at radius 2 is 2.27 bits per heavy atom. The minimum atomic E-state index is 0.227. The standard InChI is InChI=1S/C9H13NO/c1-7(11)6-8-2-4-9(10)5-3-8/h2,4H,3,5-6,10H2,1H3. The van der Waals surface area contributed by atoms with Crippen molar-refractivity contribution in [3.8, 4) is 0 Å². The minimum Gasteiger partial charge on any atom is -0.402 e. The number of allylic oxidation sites excluding steroid dienone is 4. The summed E-state index contributed by atoms with van der Waals surface area (Å²) in [6, 6.07) is 0. The van der Waals surface area contributed by atoms with Gasteiger partial charge in [-0.05, 0) is 25.8 Å². The monoisotopic (exact) mass is 151 g/mol. The molecule has 0 spiro atoms. The summed E-state index contributed by atoms with van der Waals surface area (Å²) in [6.07, 6.45) is 6.28. The number of hydrogen-bond donors (Lipinski definition) is 1. The molecule has 2 nitrogen and oxygen atoms in total. The van der Waals surface area contributed by atoms with Gasteiger partial charge in [-0.1, -0.05) is 11.6 Å². The van der Waals surface area contributed by atoms with Crippen molar-refractivity contribution in [1.82, 2.24) is 0 Å². The molecule has 2 N–H and O–H groups in total. The average molecular weight is 151 g/mol. The van der Waals surface area contributed by atoms with Crippen molar-refractivity contribution in [1.29, 1.82) is 0 Å². The zero-order valence-electron chi connectivity index (χ0n) is 6.76. The largest absolute Gasteiger partial charge is 0.402 e. The van der Waals surface area contributed by atoms with Gasteiger partial charge in [0.15, 0.2) is 0 Å². The second-order valence-corrected chi connectivity index (χ2v) is 2.95. The summed E-state index contributed by atoms with van der Waals surface area (Å²) in [4.78, 5) is 10.7. The van der Waals surface area contributed by atoms with Crippen molar-refractivity contribution in [2.45, 2.75) is 26.2 Å². The Bertz CT molecular complexity index is 226. The summed E-state index contributed by atoms with van der Waals surface area (Å²) >= 11 is 0. The number of ketones is 1. The van der Waals surface area contributed by atoms with E-state index in [9.17, 15) is 4.79 Å².